The molecule has 1 N–H and O–H groups in total. The summed E-state index contributed by atoms with van der Waals surface area (Å²) < 4.78 is 21.3. The first kappa shape index (κ1) is 21.3. The predicted octanol–water partition coefficient (Wildman–Crippen LogP) is 3.18. The Hall–Kier alpha value is -3.89. The minimum Gasteiger partial charge on any atom is -0.450 e. The molecule has 3 heterocycles. The van der Waals surface area contributed by atoms with Crippen LogP contribution >= 0.6 is 0 Å². The number of carbonyl (C=O) groups is 2. The van der Waals surface area contributed by atoms with E-state index in [0.717, 1.165) is 0 Å². The zero-order valence-electron chi connectivity index (χ0n) is 17.9. The van der Waals surface area contributed by atoms with Gasteiger partial charge in [-0.3, -0.25) is 9.69 Å². The van der Waals surface area contributed by atoms with E-state index in [9.17, 15) is 14.0 Å². The van der Waals surface area contributed by atoms with Crippen LogP contribution in [0, 0.1) is 5.82 Å². The van der Waals surface area contributed by atoms with E-state index < -0.39 is 17.8 Å². The summed E-state index contributed by atoms with van der Waals surface area (Å²) >= 11 is 0. The van der Waals surface area contributed by atoms with Gasteiger partial charge in [-0.25, -0.2) is 18.9 Å². The maximum Gasteiger partial charge on any atom is 0.410 e. The number of nitrogens with zero attached hydrogens (tertiary/aromatic N) is 6. The molecule has 32 heavy (non-hydrogen) atoms. The first-order valence-corrected chi connectivity index (χ1v) is 10.2. The van der Waals surface area contributed by atoms with Gasteiger partial charge < -0.3 is 10.1 Å². The van der Waals surface area contributed by atoms with Crippen molar-refractivity contribution in [1.29, 1.82) is 0 Å². The molecule has 0 fully saturated rings. The van der Waals surface area contributed by atoms with Crippen molar-refractivity contribution in [2.75, 3.05) is 11.9 Å². The Labute approximate surface area is 183 Å². The fourth-order valence-electron chi connectivity index (χ4n) is 3.46. The molecule has 2 amide bonds. The highest BCUT2D eigenvalue weighted by Crippen LogP contribution is 2.27. The van der Waals surface area contributed by atoms with Crippen LogP contribution in [0.15, 0.2) is 30.3 Å². The molecule has 0 saturated carbocycles. The summed E-state index contributed by atoms with van der Waals surface area (Å²) in [4.78, 5) is 30.6. The Kier molecular flexibility index (Phi) is 5.80. The molecule has 0 atom stereocenters. The minimum absolute atomic E-state index is 0.0229. The number of hydrogen-bond donors (Lipinski definition) is 1. The third-order valence-corrected chi connectivity index (χ3v) is 4.98. The summed E-state index contributed by atoms with van der Waals surface area (Å²) in [5.74, 6) is -0.627. The zero-order valence-corrected chi connectivity index (χ0v) is 17.9. The molecular weight excluding hydrogens is 417 g/mol. The monoisotopic (exact) mass is 439 g/mol. The molecule has 0 radical (unpaired) electrons. The number of nitrogens with one attached hydrogen (secondary N) is 1. The lowest BCUT2D eigenvalue weighted by atomic mass is 10.1. The molecule has 0 bridgehead atoms. The summed E-state index contributed by atoms with van der Waals surface area (Å²) in [7, 11) is 0. The van der Waals surface area contributed by atoms with E-state index in [0.29, 0.717) is 22.6 Å². The SMILES string of the molecule is CCOC(=O)N1Cc2cc(F)c(C(=O)Nc3cccc(-c4nnnn4C(C)C)n3)cc2C1. The van der Waals surface area contributed by atoms with Crippen molar-refractivity contribution in [3.05, 3.63) is 52.8 Å². The molecule has 1 aromatic carbocycles. The van der Waals surface area contributed by atoms with E-state index in [1.165, 1.54) is 17.0 Å². The molecule has 1 aliphatic rings. The fourth-order valence-corrected chi connectivity index (χ4v) is 3.46. The molecule has 3 aromatic rings. The van der Waals surface area contributed by atoms with Gasteiger partial charge in [0.2, 0.25) is 5.82 Å². The van der Waals surface area contributed by atoms with Gasteiger partial charge in [0.1, 0.15) is 17.3 Å². The number of tetrazole rings is 1. The van der Waals surface area contributed by atoms with Gasteiger partial charge in [-0.05, 0) is 66.6 Å². The number of fused-ring (bicyclic) bond motifs is 1. The van der Waals surface area contributed by atoms with Crippen molar-refractivity contribution in [3.8, 4) is 11.5 Å². The molecule has 166 valence electrons. The third-order valence-electron chi connectivity index (χ3n) is 4.98. The van der Waals surface area contributed by atoms with Gasteiger partial charge in [-0.2, -0.15) is 0 Å². The fraction of sp³-hybridized carbons (Fsp3) is 0.333. The molecular formula is C21H22FN7O3. The highest BCUT2D eigenvalue weighted by atomic mass is 19.1. The first-order valence-electron chi connectivity index (χ1n) is 10.2. The standard InChI is InChI=1S/C21H22FN7O3/c1-4-32-21(31)28-10-13-8-15(16(22)9-14(13)11-28)20(30)24-18-7-5-6-17(23-18)19-25-26-27-29(19)12(2)3/h5-9,12H,4,10-11H2,1-3H3,(H,23,24,30). The van der Waals surface area contributed by atoms with Gasteiger partial charge in [0.15, 0.2) is 0 Å². The number of aromatic nitrogens is 5. The normalized spacial score (nSPS) is 12.7. The van der Waals surface area contributed by atoms with Gasteiger partial charge in [-0.1, -0.05) is 6.07 Å². The van der Waals surface area contributed by atoms with Crippen LogP contribution in [0.3, 0.4) is 0 Å². The number of amides is 2. The Morgan fingerprint density at radius 1 is 1.22 bits per heavy atom. The van der Waals surface area contributed by atoms with Crippen molar-refractivity contribution in [1.82, 2.24) is 30.1 Å². The number of rotatable bonds is 5. The van der Waals surface area contributed by atoms with Crippen LogP contribution in [0.2, 0.25) is 0 Å². The van der Waals surface area contributed by atoms with Crippen LogP contribution in [0.4, 0.5) is 15.0 Å². The second-order valence-corrected chi connectivity index (χ2v) is 7.56. The Morgan fingerprint density at radius 3 is 2.69 bits per heavy atom. The Balaban J connectivity index is 1.54. The van der Waals surface area contributed by atoms with Gasteiger partial charge in [0.25, 0.3) is 5.91 Å². The van der Waals surface area contributed by atoms with E-state index in [1.807, 2.05) is 13.8 Å². The second-order valence-electron chi connectivity index (χ2n) is 7.56. The molecule has 10 nitrogen and oxygen atoms in total. The number of hydrogen-bond acceptors (Lipinski definition) is 7. The Bertz CT molecular complexity index is 1180. The molecule has 0 aliphatic carbocycles. The van der Waals surface area contributed by atoms with Crippen molar-refractivity contribution in [2.24, 2.45) is 0 Å². The molecule has 0 saturated heterocycles. The molecule has 0 unspecified atom stereocenters. The smallest absolute Gasteiger partial charge is 0.410 e. The van der Waals surface area contributed by atoms with Crippen LogP contribution in [-0.2, 0) is 17.8 Å². The predicted molar refractivity (Wildman–Crippen MR) is 112 cm³/mol. The lowest BCUT2D eigenvalue weighted by molar-refractivity contribution is 0.102. The second kappa shape index (κ2) is 8.69. The number of halogens is 1. The molecule has 1 aliphatic heterocycles. The lowest BCUT2D eigenvalue weighted by Gasteiger charge is -2.13. The molecule has 4 rings (SSSR count). The van der Waals surface area contributed by atoms with E-state index >= 15 is 0 Å². The summed E-state index contributed by atoms with van der Waals surface area (Å²) in [6.07, 6.45) is -0.472. The number of benzene rings is 1. The topological polar surface area (TPSA) is 115 Å². The number of pyridine rings is 1. The quantitative estimate of drug-likeness (QED) is 0.649. The lowest BCUT2D eigenvalue weighted by Crippen LogP contribution is -2.25. The molecule has 11 heteroatoms. The van der Waals surface area contributed by atoms with Crippen LogP contribution in [-0.4, -0.2) is 48.7 Å². The maximum atomic E-state index is 14.7. The van der Waals surface area contributed by atoms with Crippen LogP contribution in [0.1, 0.15) is 48.3 Å². The summed E-state index contributed by atoms with van der Waals surface area (Å²) in [6.45, 7) is 6.33. The largest absolute Gasteiger partial charge is 0.450 e. The highest BCUT2D eigenvalue weighted by Gasteiger charge is 2.27. The average Bonchev–Trinajstić information content (AvgIpc) is 3.40. The minimum atomic E-state index is -0.674. The van der Waals surface area contributed by atoms with Crippen LogP contribution < -0.4 is 5.32 Å². The number of anilines is 1. The summed E-state index contributed by atoms with van der Waals surface area (Å²) in [6, 6.07) is 7.79. The summed E-state index contributed by atoms with van der Waals surface area (Å²) in [5.41, 5.74) is 1.69. The summed E-state index contributed by atoms with van der Waals surface area (Å²) in [5, 5.41) is 14.2. The van der Waals surface area contributed by atoms with Gasteiger partial charge in [-0.15, -0.1) is 5.10 Å². The third kappa shape index (κ3) is 4.13. The maximum absolute atomic E-state index is 14.7. The Morgan fingerprint density at radius 2 is 1.97 bits per heavy atom. The molecule has 0 spiro atoms. The van der Waals surface area contributed by atoms with E-state index in [1.54, 1.807) is 29.8 Å². The van der Waals surface area contributed by atoms with Crippen molar-refractivity contribution in [2.45, 2.75) is 39.9 Å². The highest BCUT2D eigenvalue weighted by molar-refractivity contribution is 6.04. The zero-order chi connectivity index (χ0) is 22.8. The van der Waals surface area contributed by atoms with E-state index in [4.69, 9.17) is 4.74 Å². The number of ether oxygens (including phenoxy) is 1. The van der Waals surface area contributed by atoms with Gasteiger partial charge in [0, 0.05) is 13.1 Å². The van der Waals surface area contributed by atoms with Gasteiger partial charge in [0.05, 0.1) is 18.2 Å². The van der Waals surface area contributed by atoms with Crippen molar-refractivity contribution >= 4 is 17.8 Å². The average molecular weight is 439 g/mol. The first-order chi connectivity index (χ1) is 15.4. The molecule has 2 aromatic heterocycles. The van der Waals surface area contributed by atoms with E-state index in [-0.39, 0.29) is 37.1 Å². The van der Waals surface area contributed by atoms with Crippen molar-refractivity contribution in [3.63, 3.8) is 0 Å². The number of carbonyl (C=O) groups excluding carboxylic acids is 2. The van der Waals surface area contributed by atoms with Crippen LogP contribution in [0.5, 0.6) is 0 Å². The van der Waals surface area contributed by atoms with E-state index in [2.05, 4.69) is 25.8 Å². The van der Waals surface area contributed by atoms with Gasteiger partial charge >= 0.3 is 6.09 Å². The van der Waals surface area contributed by atoms with Crippen LogP contribution in [0.25, 0.3) is 11.5 Å². The van der Waals surface area contributed by atoms with Crippen molar-refractivity contribution < 1.29 is 18.7 Å².